The second-order valence-electron chi connectivity index (χ2n) is 5.27. The summed E-state index contributed by atoms with van der Waals surface area (Å²) in [6, 6.07) is 0. The molecule has 3 amide bonds. The maximum atomic E-state index is 11.5. The van der Waals surface area contributed by atoms with E-state index in [4.69, 9.17) is 18.9 Å². The molecule has 0 fully saturated rings. The van der Waals surface area contributed by atoms with E-state index in [9.17, 15) is 19.2 Å². The van der Waals surface area contributed by atoms with Gasteiger partial charge in [-0.3, -0.25) is 9.59 Å². The van der Waals surface area contributed by atoms with Crippen molar-refractivity contribution < 1.29 is 43.0 Å². The Balaban J connectivity index is 0. The number of ether oxygens (including phenoxy) is 4. The molecule has 0 heterocycles. The van der Waals surface area contributed by atoms with Gasteiger partial charge in [-0.15, -0.1) is 5.06 Å². The molecule has 0 atom stereocenters. The molecule has 174 valence electrons. The van der Waals surface area contributed by atoms with Crippen LogP contribution in [-0.4, -0.2) is 89.2 Å². The van der Waals surface area contributed by atoms with Gasteiger partial charge in [0.1, 0.15) is 0 Å². The first kappa shape index (κ1) is 28.1. The topological polar surface area (TPSA) is 130 Å². The Morgan fingerprint density at radius 3 is 1.90 bits per heavy atom. The zero-order valence-corrected chi connectivity index (χ0v) is 18.9. The van der Waals surface area contributed by atoms with Crippen molar-refractivity contribution in [3.05, 3.63) is 0 Å². The van der Waals surface area contributed by atoms with Crippen molar-refractivity contribution in [2.45, 2.75) is 26.2 Å². The molecule has 1 N–H and O–H groups in total. The smallest absolute Gasteiger partial charge is 0.335 e. The number of hydrogen-bond donors (Lipinski definition) is 1. The maximum Gasteiger partial charge on any atom is 0.335 e. The third-order valence-corrected chi connectivity index (χ3v) is 3.02. The van der Waals surface area contributed by atoms with E-state index in [0.717, 1.165) is 0 Å². The largest absolute Gasteiger partial charge is 0.528 e. The predicted octanol–water partition coefficient (Wildman–Crippen LogP) is -0.657. The Hall–Kier alpha value is -3.08. The molecule has 0 radical (unpaired) electrons. The zero-order valence-electron chi connectivity index (χ0n) is 16.5. The molecule has 11 nitrogen and oxygen atoms in total. The molecule has 0 aromatic carbocycles. The first-order valence-electron chi connectivity index (χ1n) is 9.04. The van der Waals surface area contributed by atoms with Crippen molar-refractivity contribution in [1.29, 1.82) is 0 Å². The van der Waals surface area contributed by atoms with Gasteiger partial charge in [0.15, 0.2) is 0 Å². The van der Waals surface area contributed by atoms with E-state index in [0.29, 0.717) is 57.7 Å². The van der Waals surface area contributed by atoms with Gasteiger partial charge in [-0.1, -0.05) is 6.92 Å². The summed E-state index contributed by atoms with van der Waals surface area (Å²) in [7, 11) is 0. The number of imide groups is 1. The van der Waals surface area contributed by atoms with Crippen LogP contribution in [0.25, 0.3) is 0 Å². The third kappa shape index (κ3) is 18.1. The van der Waals surface area contributed by atoms with Crippen LogP contribution in [0, 0.1) is 0 Å². The minimum atomic E-state index is -0.729. The van der Waals surface area contributed by atoms with E-state index in [2.05, 4.69) is 10.2 Å². The van der Waals surface area contributed by atoms with Crippen LogP contribution in [0.1, 0.15) is 26.2 Å². The Morgan fingerprint density at radius 2 is 1.41 bits per heavy atom. The van der Waals surface area contributed by atoms with Crippen LogP contribution in [0.4, 0.5) is 0 Å². The van der Waals surface area contributed by atoms with Gasteiger partial charge in [-0.05, 0) is 6.42 Å². The molecule has 0 aromatic heterocycles. The molecule has 0 aliphatic carbocycles. The van der Waals surface area contributed by atoms with Crippen LogP contribution >= 0.6 is 0 Å². The number of nitrogens with zero attached hydrogens (tertiary/aromatic N) is 1. The van der Waals surface area contributed by atoms with Gasteiger partial charge in [0.05, 0.1) is 59.3 Å². The second-order valence-corrected chi connectivity index (χ2v) is 5.27. The molecule has 0 bridgehead atoms. The molecule has 0 aromatic rings. The Kier molecular flexibility index (Phi) is 20.6. The number of rotatable bonds is 19. The van der Waals surface area contributed by atoms with Crippen molar-refractivity contribution in [3.8, 4) is 0 Å². The SMILES string of the molecule is CCCC(=O)N(C=O)OC(=O)CCOCCOCCOCCOCCN[C-]=O.[Fm]. The molecular formula is C17H29FmN2O9-. The molecule has 0 aliphatic heterocycles. The fraction of sp³-hybridized carbons (Fsp3) is 0.765. The summed E-state index contributed by atoms with van der Waals surface area (Å²) >= 11 is 0. The first-order chi connectivity index (χ1) is 13.7. The number of hydrogen-bond acceptors (Lipinski definition) is 9. The van der Waals surface area contributed by atoms with E-state index in [-0.39, 0.29) is 32.5 Å². The van der Waals surface area contributed by atoms with E-state index in [1.54, 1.807) is 13.3 Å². The van der Waals surface area contributed by atoms with Crippen LogP contribution < -0.4 is 5.32 Å². The van der Waals surface area contributed by atoms with Gasteiger partial charge in [-0.2, -0.15) is 6.41 Å². The van der Waals surface area contributed by atoms with Crippen molar-refractivity contribution in [1.82, 2.24) is 10.4 Å². The van der Waals surface area contributed by atoms with Crippen molar-refractivity contribution in [2.75, 3.05) is 59.4 Å². The van der Waals surface area contributed by atoms with Crippen molar-refractivity contribution in [2.24, 2.45) is 0 Å². The summed E-state index contributed by atoms with van der Waals surface area (Å²) in [5.41, 5.74) is 0. The first-order valence-corrected chi connectivity index (χ1v) is 9.04. The van der Waals surface area contributed by atoms with E-state index in [1.165, 1.54) is 0 Å². The van der Waals surface area contributed by atoms with E-state index in [1.807, 2.05) is 0 Å². The van der Waals surface area contributed by atoms with Crippen LogP contribution in [-0.2, 0) is 43.0 Å². The van der Waals surface area contributed by atoms with Gasteiger partial charge in [0, 0.05) is 13.0 Å². The normalized spacial score (nSPS) is 9.97. The maximum absolute atomic E-state index is 11.5. The Morgan fingerprint density at radius 1 is 0.897 bits per heavy atom. The van der Waals surface area contributed by atoms with Gasteiger partial charge < -0.3 is 33.9 Å². The molecule has 0 rings (SSSR count). The van der Waals surface area contributed by atoms with E-state index < -0.39 is 11.9 Å². The number of carbonyl (C=O) groups is 3. The van der Waals surface area contributed by atoms with Gasteiger partial charge in [-0.25, -0.2) is 4.79 Å². The molecule has 0 saturated carbocycles. The Labute approximate surface area is 164 Å². The molecule has 12 heteroatoms. The third-order valence-electron chi connectivity index (χ3n) is 3.02. The second kappa shape index (κ2) is 21.2. The standard InChI is InChI=1S/C17H29N2O9.Fm/c1-2-3-16(22)19(15-21)28-17(23)4-6-24-8-10-26-12-13-27-11-9-25-7-5-18-14-20;/h15H,2-13H2,1H3,(H,18,20);/q-1;. The van der Waals surface area contributed by atoms with Crippen molar-refractivity contribution >= 4 is 24.7 Å². The number of nitrogens with one attached hydrogen (secondary N) is 1. The molecule has 0 unspecified atom stereocenters. The number of hydroxylamine groups is 2. The average molecular weight is 662 g/mol. The number of carbonyl (C=O) groups excluding carboxylic acids is 4. The zero-order chi connectivity index (χ0) is 20.9. The summed E-state index contributed by atoms with van der Waals surface area (Å²) in [5.74, 6) is -1.30. The van der Waals surface area contributed by atoms with Crippen LogP contribution in [0.5, 0.6) is 0 Å². The quantitative estimate of drug-likeness (QED) is 0.0631. The summed E-state index contributed by atoms with van der Waals surface area (Å²) in [4.78, 5) is 48.2. The average Bonchev–Trinajstić information content (AvgIpc) is 2.69. The van der Waals surface area contributed by atoms with Gasteiger partial charge in [0.25, 0.3) is 12.3 Å². The molecule has 0 aliphatic rings. The predicted molar refractivity (Wildman–Crippen MR) is 95.5 cm³/mol. The van der Waals surface area contributed by atoms with Gasteiger partial charge in [0.2, 0.25) is 0 Å². The monoisotopic (exact) mass is 662 g/mol. The Bertz CT molecular complexity index is 441. The summed E-state index contributed by atoms with van der Waals surface area (Å²) < 4.78 is 20.9. The van der Waals surface area contributed by atoms with Crippen LogP contribution in [0.3, 0.4) is 0 Å². The summed E-state index contributed by atoms with van der Waals surface area (Å²) in [6.07, 6.45) is 2.29. The molecule has 0 spiro atoms. The molecular weight excluding hydrogens is 633 g/mol. The molecule has 0 saturated heterocycles. The minimum absolute atomic E-state index is 0. The van der Waals surface area contributed by atoms with E-state index >= 15 is 0 Å². The van der Waals surface area contributed by atoms with Gasteiger partial charge >= 0.3 is 5.97 Å². The van der Waals surface area contributed by atoms with Crippen LogP contribution in [0.2, 0.25) is 0 Å². The van der Waals surface area contributed by atoms with Crippen LogP contribution in [0.15, 0.2) is 0 Å². The summed E-state index contributed by atoms with van der Waals surface area (Å²) in [6.45, 7) is 4.93. The fourth-order valence-corrected chi connectivity index (χ4v) is 1.70. The number of amides is 3. The van der Waals surface area contributed by atoms with Crippen molar-refractivity contribution in [3.63, 3.8) is 0 Å². The minimum Gasteiger partial charge on any atom is -0.528 e. The summed E-state index contributed by atoms with van der Waals surface area (Å²) in [5, 5.41) is 2.76. The fourth-order valence-electron chi connectivity index (χ4n) is 1.70. The molecule has 29 heavy (non-hydrogen) atoms.